The van der Waals surface area contributed by atoms with Crippen LogP contribution in [0.2, 0.25) is 0 Å². The summed E-state index contributed by atoms with van der Waals surface area (Å²) in [6.07, 6.45) is 1.04. The van der Waals surface area contributed by atoms with Gasteiger partial charge in [0.05, 0.1) is 13.7 Å². The van der Waals surface area contributed by atoms with Crippen LogP contribution in [0.15, 0.2) is 41.4 Å². The molecule has 0 saturated heterocycles. The maximum atomic E-state index is 13.5. The van der Waals surface area contributed by atoms with E-state index in [2.05, 4.69) is 10.3 Å². The fraction of sp³-hybridized carbons (Fsp3) is 0.250. The Kier molecular flexibility index (Phi) is 5.23. The van der Waals surface area contributed by atoms with Crippen LogP contribution < -0.4 is 4.74 Å². The summed E-state index contributed by atoms with van der Waals surface area (Å²) in [7, 11) is 1.58. The summed E-state index contributed by atoms with van der Waals surface area (Å²) in [5, 5.41) is 17.7. The molecular formula is C20H17F2N3O3S. The number of hydrogen-bond donors (Lipinski definition) is 1. The van der Waals surface area contributed by atoms with E-state index in [-0.39, 0.29) is 10.9 Å². The number of hydrogen-bond acceptors (Lipinski definition) is 5. The van der Waals surface area contributed by atoms with E-state index in [4.69, 9.17) is 4.74 Å². The van der Waals surface area contributed by atoms with Gasteiger partial charge in [-0.1, -0.05) is 17.3 Å². The molecule has 1 aromatic heterocycles. The van der Waals surface area contributed by atoms with Crippen LogP contribution in [0.5, 0.6) is 5.75 Å². The van der Waals surface area contributed by atoms with Gasteiger partial charge in [0.25, 0.3) is 0 Å². The van der Waals surface area contributed by atoms with E-state index in [0.29, 0.717) is 24.4 Å². The van der Waals surface area contributed by atoms with E-state index >= 15 is 0 Å². The first kappa shape index (κ1) is 19.4. The number of carbonyl (C=O) groups is 1. The third-order valence-electron chi connectivity index (χ3n) is 4.80. The Morgan fingerprint density at radius 1 is 1.21 bits per heavy atom. The van der Waals surface area contributed by atoms with Crippen LogP contribution in [0.1, 0.15) is 27.2 Å². The molecule has 0 fully saturated rings. The zero-order chi connectivity index (χ0) is 20.5. The first-order valence-corrected chi connectivity index (χ1v) is 9.75. The van der Waals surface area contributed by atoms with Crippen molar-refractivity contribution in [3.05, 3.63) is 70.4 Å². The maximum absolute atomic E-state index is 13.5. The summed E-state index contributed by atoms with van der Waals surface area (Å²) in [6, 6.07) is 9.80. The third-order valence-corrected chi connectivity index (χ3v) is 6.09. The molecule has 6 nitrogen and oxygen atoms in total. The maximum Gasteiger partial charge on any atom is 0.359 e. The fourth-order valence-electron chi connectivity index (χ4n) is 3.38. The molecule has 9 heteroatoms. The molecule has 1 aliphatic rings. The average Bonchev–Trinajstić information content (AvgIpc) is 3.26. The van der Waals surface area contributed by atoms with Gasteiger partial charge in [-0.2, -0.15) is 0 Å². The molecule has 0 saturated carbocycles. The molecule has 4 rings (SSSR count). The number of carboxylic acids is 1. The fourth-order valence-corrected chi connectivity index (χ4v) is 4.68. The van der Waals surface area contributed by atoms with E-state index in [1.54, 1.807) is 11.8 Å². The van der Waals surface area contributed by atoms with Crippen LogP contribution in [0, 0.1) is 11.6 Å². The Morgan fingerprint density at radius 3 is 2.38 bits per heavy atom. The summed E-state index contributed by atoms with van der Waals surface area (Å²) < 4.78 is 33.7. The number of rotatable bonds is 6. The van der Waals surface area contributed by atoms with E-state index in [9.17, 15) is 18.7 Å². The molecule has 1 aliphatic carbocycles. The molecule has 0 unspecified atom stereocenters. The van der Waals surface area contributed by atoms with Crippen molar-refractivity contribution in [2.75, 3.05) is 7.11 Å². The van der Waals surface area contributed by atoms with Crippen LogP contribution in [-0.4, -0.2) is 38.4 Å². The average molecular weight is 417 g/mol. The van der Waals surface area contributed by atoms with Gasteiger partial charge in [-0.25, -0.2) is 18.3 Å². The van der Waals surface area contributed by atoms with Gasteiger partial charge < -0.3 is 9.84 Å². The highest BCUT2D eigenvalue weighted by Crippen LogP contribution is 2.36. The molecule has 29 heavy (non-hydrogen) atoms. The molecule has 150 valence electrons. The molecule has 0 spiro atoms. The largest absolute Gasteiger partial charge is 0.497 e. The minimum absolute atomic E-state index is 0.0579. The van der Waals surface area contributed by atoms with E-state index in [1.165, 1.54) is 23.9 Å². The predicted octanol–water partition coefficient (Wildman–Crippen LogP) is 3.57. The van der Waals surface area contributed by atoms with Crippen molar-refractivity contribution >= 4 is 17.7 Å². The second kappa shape index (κ2) is 7.82. The number of halogens is 2. The van der Waals surface area contributed by atoms with Crippen molar-refractivity contribution in [3.63, 3.8) is 0 Å². The normalized spacial score (nSPS) is 13.5. The van der Waals surface area contributed by atoms with E-state index in [1.807, 2.05) is 24.3 Å². The Bertz CT molecular complexity index is 1040. The second-order valence-electron chi connectivity index (χ2n) is 6.74. The van der Waals surface area contributed by atoms with Gasteiger partial charge in [0.15, 0.2) is 11.6 Å². The molecule has 0 radical (unpaired) electrons. The van der Waals surface area contributed by atoms with Gasteiger partial charge >= 0.3 is 5.97 Å². The second-order valence-corrected chi connectivity index (χ2v) is 8.03. The zero-order valence-corrected chi connectivity index (χ0v) is 16.2. The number of carboxylic acid groups (broad SMARTS) is 1. The predicted molar refractivity (Wildman–Crippen MR) is 102 cm³/mol. The van der Waals surface area contributed by atoms with Gasteiger partial charge in [-0.15, -0.1) is 16.9 Å². The van der Waals surface area contributed by atoms with Crippen molar-refractivity contribution in [1.29, 1.82) is 0 Å². The minimum Gasteiger partial charge on any atom is -0.497 e. The number of ether oxygens (including phenoxy) is 1. The highest BCUT2D eigenvalue weighted by atomic mass is 32.2. The van der Waals surface area contributed by atoms with Gasteiger partial charge in [0.2, 0.25) is 5.69 Å². The standard InChI is InChI=1S/C20H17F2N3O3S/c1-28-14-4-2-11(3-5-14)10-25-19(18(20(26)27)23-24-25)29-15-6-12-8-16(21)17(22)9-13(12)7-15/h2-5,8-9,15H,6-7,10H2,1H3,(H,26,27). The Hall–Kier alpha value is -2.94. The number of benzene rings is 2. The summed E-state index contributed by atoms with van der Waals surface area (Å²) in [4.78, 5) is 11.6. The Morgan fingerprint density at radius 2 is 1.83 bits per heavy atom. The topological polar surface area (TPSA) is 77.2 Å². The van der Waals surface area contributed by atoms with Crippen molar-refractivity contribution in [2.45, 2.75) is 29.7 Å². The lowest BCUT2D eigenvalue weighted by molar-refractivity contribution is 0.0686. The molecule has 2 aromatic carbocycles. The lowest BCUT2D eigenvalue weighted by atomic mass is 10.1. The first-order valence-electron chi connectivity index (χ1n) is 8.87. The molecular weight excluding hydrogens is 400 g/mol. The van der Waals surface area contributed by atoms with Crippen molar-refractivity contribution in [3.8, 4) is 5.75 Å². The van der Waals surface area contributed by atoms with Crippen LogP contribution in [0.4, 0.5) is 8.78 Å². The molecule has 0 aliphatic heterocycles. The Balaban J connectivity index is 1.57. The number of methoxy groups -OCH3 is 1. The van der Waals surface area contributed by atoms with Gasteiger partial charge in [0, 0.05) is 5.25 Å². The van der Waals surface area contributed by atoms with Gasteiger partial charge in [-0.05, 0) is 53.8 Å². The van der Waals surface area contributed by atoms with E-state index in [0.717, 1.165) is 22.4 Å². The lowest BCUT2D eigenvalue weighted by Gasteiger charge is -2.11. The van der Waals surface area contributed by atoms with Crippen LogP contribution in [0.25, 0.3) is 0 Å². The van der Waals surface area contributed by atoms with Crippen molar-refractivity contribution in [2.24, 2.45) is 0 Å². The highest BCUT2D eigenvalue weighted by molar-refractivity contribution is 8.00. The first-order chi connectivity index (χ1) is 13.9. The monoisotopic (exact) mass is 417 g/mol. The molecule has 1 N–H and O–H groups in total. The van der Waals surface area contributed by atoms with Crippen molar-refractivity contribution in [1.82, 2.24) is 15.0 Å². The van der Waals surface area contributed by atoms with Crippen LogP contribution >= 0.6 is 11.8 Å². The number of aromatic nitrogens is 3. The highest BCUT2D eigenvalue weighted by Gasteiger charge is 2.29. The smallest absolute Gasteiger partial charge is 0.359 e. The molecule has 0 bridgehead atoms. The molecule has 0 amide bonds. The van der Waals surface area contributed by atoms with E-state index < -0.39 is 17.6 Å². The quantitative estimate of drug-likeness (QED) is 0.661. The summed E-state index contributed by atoms with van der Waals surface area (Å²) in [5.74, 6) is -2.18. The van der Waals surface area contributed by atoms with Crippen LogP contribution in [0.3, 0.4) is 0 Å². The lowest BCUT2D eigenvalue weighted by Crippen LogP contribution is -2.10. The number of thioether (sulfide) groups is 1. The number of fused-ring (bicyclic) bond motifs is 1. The molecule has 3 aromatic rings. The van der Waals surface area contributed by atoms with Gasteiger partial charge in [0.1, 0.15) is 10.8 Å². The van der Waals surface area contributed by atoms with Gasteiger partial charge in [-0.3, -0.25) is 0 Å². The SMILES string of the molecule is COc1ccc(Cn2nnc(C(=O)O)c2SC2Cc3cc(F)c(F)cc3C2)cc1. The summed E-state index contributed by atoms with van der Waals surface area (Å²) in [6.45, 7) is 0.343. The van der Waals surface area contributed by atoms with Crippen LogP contribution in [-0.2, 0) is 19.4 Å². The molecule has 1 heterocycles. The zero-order valence-electron chi connectivity index (χ0n) is 15.4. The Labute approximate surface area is 169 Å². The summed E-state index contributed by atoms with van der Waals surface area (Å²) >= 11 is 1.32. The molecule has 0 atom stereocenters. The number of nitrogens with zero attached hydrogens (tertiary/aromatic N) is 3. The minimum atomic E-state index is -1.17. The number of aromatic carboxylic acids is 1. The van der Waals surface area contributed by atoms with Crippen molar-refractivity contribution < 1.29 is 23.4 Å². The summed E-state index contributed by atoms with van der Waals surface area (Å²) in [5.41, 5.74) is 2.27. The third kappa shape index (κ3) is 3.95.